The molecule has 2 heteroatoms. The molecule has 0 aliphatic heterocycles. The second kappa shape index (κ2) is 6.69. The Labute approximate surface area is 111 Å². The number of benzene rings is 1. The predicted octanol–water partition coefficient (Wildman–Crippen LogP) is 3.10. The van der Waals surface area contributed by atoms with Crippen LogP contribution in [0.3, 0.4) is 0 Å². The highest BCUT2D eigenvalue weighted by atomic mass is 16.1. The summed E-state index contributed by atoms with van der Waals surface area (Å²) in [6, 6.07) is 8.41. The van der Waals surface area contributed by atoms with E-state index in [2.05, 4.69) is 57.3 Å². The van der Waals surface area contributed by atoms with Gasteiger partial charge in [0.25, 0.3) is 0 Å². The molecule has 0 saturated heterocycles. The third-order valence-corrected chi connectivity index (χ3v) is 3.05. The molecule has 0 radical (unpaired) electrons. The van der Waals surface area contributed by atoms with Gasteiger partial charge in [-0.2, -0.15) is 0 Å². The van der Waals surface area contributed by atoms with Gasteiger partial charge in [0.05, 0.1) is 0 Å². The quantitative estimate of drug-likeness (QED) is 0.783. The number of rotatable bonds is 6. The number of carbonyl (C=O) groups is 1. The van der Waals surface area contributed by atoms with Crippen LogP contribution in [-0.4, -0.2) is 18.9 Å². The van der Waals surface area contributed by atoms with Crippen molar-refractivity contribution < 1.29 is 4.79 Å². The fourth-order valence-corrected chi connectivity index (χ4v) is 1.84. The fourth-order valence-electron chi connectivity index (χ4n) is 1.84. The molecule has 0 fully saturated rings. The third kappa shape index (κ3) is 5.01. The molecule has 0 amide bonds. The van der Waals surface area contributed by atoms with E-state index in [1.54, 1.807) is 0 Å². The van der Waals surface area contributed by atoms with E-state index < -0.39 is 0 Å². The zero-order valence-corrected chi connectivity index (χ0v) is 12.0. The van der Waals surface area contributed by atoms with Gasteiger partial charge in [-0.05, 0) is 23.1 Å². The van der Waals surface area contributed by atoms with E-state index in [0.29, 0.717) is 18.6 Å². The Balaban J connectivity index is 2.51. The second-order valence-electron chi connectivity index (χ2n) is 5.77. The monoisotopic (exact) mass is 247 g/mol. The Bertz CT molecular complexity index is 373. The van der Waals surface area contributed by atoms with Crippen molar-refractivity contribution in [3.05, 3.63) is 35.4 Å². The summed E-state index contributed by atoms with van der Waals surface area (Å²) in [5.41, 5.74) is 2.60. The standard InChI is InChI=1S/C16H25NO/c1-5-17-11-10-15(18)12-13-6-8-14(9-7-13)16(2,3)4/h6-9,17H,5,10-12H2,1-4H3. The Kier molecular flexibility index (Phi) is 5.54. The maximum Gasteiger partial charge on any atom is 0.138 e. The Morgan fingerprint density at radius 1 is 1.17 bits per heavy atom. The molecule has 0 aromatic heterocycles. The molecule has 1 aromatic rings. The summed E-state index contributed by atoms with van der Waals surface area (Å²) < 4.78 is 0. The minimum atomic E-state index is 0.174. The van der Waals surface area contributed by atoms with Gasteiger partial charge >= 0.3 is 0 Å². The van der Waals surface area contributed by atoms with Crippen molar-refractivity contribution in [2.45, 2.75) is 46.0 Å². The minimum Gasteiger partial charge on any atom is -0.317 e. The maximum atomic E-state index is 11.7. The molecule has 0 spiro atoms. The molecule has 1 N–H and O–H groups in total. The van der Waals surface area contributed by atoms with Crippen LogP contribution < -0.4 is 5.32 Å². The second-order valence-corrected chi connectivity index (χ2v) is 5.77. The molecule has 18 heavy (non-hydrogen) atoms. The van der Waals surface area contributed by atoms with Gasteiger partial charge in [-0.25, -0.2) is 0 Å². The first-order valence-electron chi connectivity index (χ1n) is 6.75. The van der Waals surface area contributed by atoms with E-state index in [9.17, 15) is 4.79 Å². The van der Waals surface area contributed by atoms with E-state index in [4.69, 9.17) is 0 Å². The van der Waals surface area contributed by atoms with Crippen molar-refractivity contribution in [2.24, 2.45) is 0 Å². The average Bonchev–Trinajstić information content (AvgIpc) is 2.29. The predicted molar refractivity (Wildman–Crippen MR) is 77.0 cm³/mol. The summed E-state index contributed by atoms with van der Waals surface area (Å²) >= 11 is 0. The molecule has 0 unspecified atom stereocenters. The third-order valence-electron chi connectivity index (χ3n) is 3.05. The normalized spacial score (nSPS) is 11.6. The van der Waals surface area contributed by atoms with E-state index >= 15 is 0 Å². The number of nitrogens with one attached hydrogen (secondary N) is 1. The molecule has 0 heterocycles. The average molecular weight is 247 g/mol. The van der Waals surface area contributed by atoms with Crippen LogP contribution in [0.1, 0.15) is 45.2 Å². The van der Waals surface area contributed by atoms with Crippen LogP contribution in [0.25, 0.3) is 0 Å². The van der Waals surface area contributed by atoms with Gasteiger partial charge in [0.1, 0.15) is 5.78 Å². The van der Waals surface area contributed by atoms with Crippen LogP contribution in [0, 0.1) is 0 Å². The lowest BCUT2D eigenvalue weighted by Gasteiger charge is -2.19. The number of Topliss-reactive ketones (excluding diaryl/α,β-unsaturated/α-hetero) is 1. The zero-order valence-electron chi connectivity index (χ0n) is 12.0. The summed E-state index contributed by atoms with van der Waals surface area (Å²) in [7, 11) is 0. The van der Waals surface area contributed by atoms with Crippen molar-refractivity contribution in [2.75, 3.05) is 13.1 Å². The molecule has 2 nitrogen and oxygen atoms in total. The highest BCUT2D eigenvalue weighted by Gasteiger charge is 2.13. The van der Waals surface area contributed by atoms with E-state index in [-0.39, 0.29) is 5.41 Å². The smallest absolute Gasteiger partial charge is 0.138 e. The molecular weight excluding hydrogens is 222 g/mol. The first-order valence-corrected chi connectivity index (χ1v) is 6.75. The lowest BCUT2D eigenvalue weighted by Crippen LogP contribution is -2.18. The summed E-state index contributed by atoms with van der Waals surface area (Å²) in [5, 5.41) is 3.17. The Morgan fingerprint density at radius 2 is 1.78 bits per heavy atom. The summed E-state index contributed by atoms with van der Waals surface area (Å²) in [6.07, 6.45) is 1.17. The Hall–Kier alpha value is -1.15. The first kappa shape index (κ1) is 14.9. The Morgan fingerprint density at radius 3 is 2.28 bits per heavy atom. The van der Waals surface area contributed by atoms with Gasteiger partial charge in [0.15, 0.2) is 0 Å². The number of hydrogen-bond acceptors (Lipinski definition) is 2. The van der Waals surface area contributed by atoms with Gasteiger partial charge in [-0.1, -0.05) is 52.0 Å². The van der Waals surface area contributed by atoms with Gasteiger partial charge in [0, 0.05) is 19.4 Å². The van der Waals surface area contributed by atoms with Crippen LogP contribution in [0.5, 0.6) is 0 Å². The highest BCUT2D eigenvalue weighted by molar-refractivity contribution is 5.81. The van der Waals surface area contributed by atoms with Crippen LogP contribution in [0.2, 0.25) is 0 Å². The first-order chi connectivity index (χ1) is 8.43. The van der Waals surface area contributed by atoms with Crippen molar-refractivity contribution in [1.29, 1.82) is 0 Å². The van der Waals surface area contributed by atoms with Crippen molar-refractivity contribution in [3.8, 4) is 0 Å². The van der Waals surface area contributed by atoms with Gasteiger partial charge in [-0.15, -0.1) is 0 Å². The lowest BCUT2D eigenvalue weighted by atomic mass is 9.86. The maximum absolute atomic E-state index is 11.7. The van der Waals surface area contributed by atoms with Crippen molar-refractivity contribution >= 4 is 5.78 Å². The number of carbonyl (C=O) groups excluding carboxylic acids is 1. The molecule has 100 valence electrons. The van der Waals surface area contributed by atoms with Crippen LogP contribution >= 0.6 is 0 Å². The minimum absolute atomic E-state index is 0.174. The molecule has 0 bridgehead atoms. The van der Waals surface area contributed by atoms with Crippen LogP contribution in [-0.2, 0) is 16.6 Å². The number of hydrogen-bond donors (Lipinski definition) is 1. The zero-order chi connectivity index (χ0) is 13.6. The summed E-state index contributed by atoms with van der Waals surface area (Å²) in [6.45, 7) is 10.4. The molecule has 1 aromatic carbocycles. The lowest BCUT2D eigenvalue weighted by molar-refractivity contribution is -0.118. The fraction of sp³-hybridized carbons (Fsp3) is 0.562. The van der Waals surface area contributed by atoms with Crippen molar-refractivity contribution in [3.63, 3.8) is 0 Å². The summed E-state index contributed by atoms with van der Waals surface area (Å²) in [4.78, 5) is 11.7. The molecule has 1 rings (SSSR count). The highest BCUT2D eigenvalue weighted by Crippen LogP contribution is 2.22. The molecule has 0 atom stereocenters. The molecular formula is C16H25NO. The van der Waals surface area contributed by atoms with Gasteiger partial charge in [0.2, 0.25) is 0 Å². The van der Waals surface area contributed by atoms with E-state index in [1.807, 2.05) is 0 Å². The van der Waals surface area contributed by atoms with E-state index in [0.717, 1.165) is 18.7 Å². The van der Waals surface area contributed by atoms with Gasteiger partial charge < -0.3 is 5.32 Å². The largest absolute Gasteiger partial charge is 0.317 e. The number of ketones is 1. The SMILES string of the molecule is CCNCCC(=O)Cc1ccc(C(C)(C)C)cc1. The topological polar surface area (TPSA) is 29.1 Å². The van der Waals surface area contributed by atoms with E-state index in [1.165, 1.54) is 5.56 Å². The van der Waals surface area contributed by atoms with Crippen molar-refractivity contribution in [1.82, 2.24) is 5.32 Å². The molecule has 0 aliphatic rings. The summed E-state index contributed by atoms with van der Waals surface area (Å²) in [5.74, 6) is 0.305. The molecule has 0 saturated carbocycles. The van der Waals surface area contributed by atoms with Crippen LogP contribution in [0.4, 0.5) is 0 Å². The molecule has 0 aliphatic carbocycles. The van der Waals surface area contributed by atoms with Gasteiger partial charge in [-0.3, -0.25) is 4.79 Å². The van der Waals surface area contributed by atoms with Crippen LogP contribution in [0.15, 0.2) is 24.3 Å².